The molecule has 0 aromatic heterocycles. The number of methoxy groups -OCH3 is 2. The summed E-state index contributed by atoms with van der Waals surface area (Å²) in [5.74, 6) is 1.83. The minimum atomic E-state index is -0.378. The zero-order valence-electron chi connectivity index (χ0n) is 18.6. The number of carbonyl (C=O) groups excluding carboxylic acids is 1. The fourth-order valence-corrected chi connectivity index (χ4v) is 3.07. The number of hydrogen-bond acceptors (Lipinski definition) is 6. The summed E-state index contributed by atoms with van der Waals surface area (Å²) in [5.41, 5.74) is 2.12. The highest BCUT2D eigenvalue weighted by Gasteiger charge is 2.11. The molecule has 0 spiro atoms. The van der Waals surface area contributed by atoms with Crippen molar-refractivity contribution >= 4 is 17.6 Å². The van der Waals surface area contributed by atoms with Crippen molar-refractivity contribution in [2.75, 3.05) is 20.8 Å². The largest absolute Gasteiger partial charge is 0.497 e. The lowest BCUT2D eigenvalue weighted by molar-refractivity contribution is -0.134. The monoisotopic (exact) mass is 443 g/mol. The van der Waals surface area contributed by atoms with E-state index >= 15 is 0 Å². The lowest BCUT2D eigenvalue weighted by Crippen LogP contribution is -2.10. The molecule has 3 aromatic rings. The number of ether oxygens (including phenoxy) is 4. The molecule has 0 amide bonds. The van der Waals surface area contributed by atoms with Gasteiger partial charge in [0.05, 0.1) is 32.5 Å². The van der Waals surface area contributed by atoms with Crippen LogP contribution in [0.1, 0.15) is 24.0 Å². The van der Waals surface area contributed by atoms with Crippen LogP contribution in [-0.2, 0) is 4.79 Å². The number of esters is 1. The van der Waals surface area contributed by atoms with E-state index in [-0.39, 0.29) is 12.4 Å². The standard InChI is InChI=1S/C27H25NO5/c1-30-23-11-13-24(14-12-23)32-16-6-9-27(29)33-25-15-10-20(18-26(25)31-2)17-22(19-28)21-7-4-3-5-8-21/h3-5,7-8,10-15,17-18H,6,9,16H2,1-2H3/b22-17-. The van der Waals surface area contributed by atoms with Crippen molar-refractivity contribution in [3.63, 3.8) is 0 Å². The van der Waals surface area contributed by atoms with Gasteiger partial charge >= 0.3 is 5.97 Å². The minimum absolute atomic E-state index is 0.202. The molecule has 6 heteroatoms. The Kier molecular flexibility index (Phi) is 8.49. The number of hydrogen-bond donors (Lipinski definition) is 0. The Balaban J connectivity index is 1.56. The molecule has 0 bridgehead atoms. The first-order chi connectivity index (χ1) is 16.1. The van der Waals surface area contributed by atoms with Crippen LogP contribution in [0, 0.1) is 11.3 Å². The van der Waals surface area contributed by atoms with E-state index < -0.39 is 0 Å². The second-order valence-corrected chi connectivity index (χ2v) is 7.05. The van der Waals surface area contributed by atoms with Crippen LogP contribution < -0.4 is 18.9 Å². The van der Waals surface area contributed by atoms with E-state index in [0.717, 1.165) is 16.9 Å². The molecule has 0 heterocycles. The van der Waals surface area contributed by atoms with Crippen molar-refractivity contribution in [3.05, 3.63) is 83.9 Å². The second kappa shape index (κ2) is 12.0. The van der Waals surface area contributed by atoms with Crippen LogP contribution in [0.5, 0.6) is 23.0 Å². The van der Waals surface area contributed by atoms with E-state index in [9.17, 15) is 10.1 Å². The van der Waals surface area contributed by atoms with Gasteiger partial charge in [-0.3, -0.25) is 4.79 Å². The summed E-state index contributed by atoms with van der Waals surface area (Å²) >= 11 is 0. The van der Waals surface area contributed by atoms with E-state index in [4.69, 9.17) is 18.9 Å². The quantitative estimate of drug-likeness (QED) is 0.135. The second-order valence-electron chi connectivity index (χ2n) is 7.05. The number of rotatable bonds is 10. The molecule has 0 saturated carbocycles. The van der Waals surface area contributed by atoms with Crippen molar-refractivity contribution in [3.8, 4) is 29.1 Å². The molecular formula is C27H25NO5. The van der Waals surface area contributed by atoms with E-state index in [1.54, 1.807) is 31.4 Å². The Bertz CT molecular complexity index is 1130. The molecule has 0 atom stereocenters. The molecule has 6 nitrogen and oxygen atoms in total. The van der Waals surface area contributed by atoms with Gasteiger partial charge in [-0.15, -0.1) is 0 Å². The van der Waals surface area contributed by atoms with Crippen LogP contribution in [0.3, 0.4) is 0 Å². The van der Waals surface area contributed by atoms with Crippen LogP contribution >= 0.6 is 0 Å². The van der Waals surface area contributed by atoms with Gasteiger partial charge in [-0.1, -0.05) is 36.4 Å². The van der Waals surface area contributed by atoms with Crippen molar-refractivity contribution in [2.24, 2.45) is 0 Å². The summed E-state index contributed by atoms with van der Waals surface area (Å²) < 4.78 is 21.6. The molecule has 0 aliphatic carbocycles. The smallest absolute Gasteiger partial charge is 0.311 e. The third-order valence-corrected chi connectivity index (χ3v) is 4.78. The molecule has 3 aromatic carbocycles. The Morgan fingerprint density at radius 3 is 2.30 bits per heavy atom. The first-order valence-corrected chi connectivity index (χ1v) is 10.5. The average Bonchev–Trinajstić information content (AvgIpc) is 2.86. The van der Waals surface area contributed by atoms with Crippen molar-refractivity contribution in [2.45, 2.75) is 12.8 Å². The Labute approximate surface area is 193 Å². The van der Waals surface area contributed by atoms with E-state index in [0.29, 0.717) is 35.8 Å². The van der Waals surface area contributed by atoms with E-state index in [2.05, 4.69) is 6.07 Å². The Morgan fingerprint density at radius 2 is 1.64 bits per heavy atom. The lowest BCUT2D eigenvalue weighted by Gasteiger charge is -2.11. The van der Waals surface area contributed by atoms with E-state index in [1.807, 2.05) is 54.6 Å². The third kappa shape index (κ3) is 6.88. The molecule has 0 radical (unpaired) electrons. The third-order valence-electron chi connectivity index (χ3n) is 4.78. The summed E-state index contributed by atoms with van der Waals surface area (Å²) in [7, 11) is 3.11. The van der Waals surface area contributed by atoms with Crippen LogP contribution in [0.4, 0.5) is 0 Å². The van der Waals surface area contributed by atoms with Gasteiger partial charge in [-0.05, 0) is 60.0 Å². The number of nitriles is 1. The summed E-state index contributed by atoms with van der Waals surface area (Å²) in [6.07, 6.45) is 2.48. The zero-order valence-corrected chi connectivity index (χ0v) is 18.6. The first kappa shape index (κ1) is 23.4. The van der Waals surface area contributed by atoms with Gasteiger partial charge in [-0.2, -0.15) is 5.26 Å². The SMILES string of the molecule is COc1ccc(OCCCC(=O)Oc2ccc(/C=C(/C#N)c3ccccc3)cc2OC)cc1. The topological polar surface area (TPSA) is 77.8 Å². The van der Waals surface area contributed by atoms with Gasteiger partial charge in [0.25, 0.3) is 0 Å². The predicted octanol–water partition coefficient (Wildman–Crippen LogP) is 5.53. The summed E-state index contributed by atoms with van der Waals surface area (Å²) in [6, 6.07) is 24.0. The maximum atomic E-state index is 12.3. The van der Waals surface area contributed by atoms with Gasteiger partial charge in [0.1, 0.15) is 11.5 Å². The molecule has 0 aliphatic heterocycles. The molecule has 0 N–H and O–H groups in total. The minimum Gasteiger partial charge on any atom is -0.497 e. The molecule has 0 fully saturated rings. The fraction of sp³-hybridized carbons (Fsp3) is 0.185. The van der Waals surface area contributed by atoms with Gasteiger partial charge in [0.15, 0.2) is 11.5 Å². The van der Waals surface area contributed by atoms with Crippen molar-refractivity contribution < 1.29 is 23.7 Å². The molecule has 33 heavy (non-hydrogen) atoms. The van der Waals surface area contributed by atoms with Crippen molar-refractivity contribution in [1.82, 2.24) is 0 Å². The molecule has 0 saturated heterocycles. The Morgan fingerprint density at radius 1 is 0.909 bits per heavy atom. The molecule has 3 rings (SSSR count). The number of nitrogens with zero attached hydrogens (tertiary/aromatic N) is 1. The average molecular weight is 443 g/mol. The highest BCUT2D eigenvalue weighted by atomic mass is 16.6. The van der Waals surface area contributed by atoms with Crippen LogP contribution in [0.2, 0.25) is 0 Å². The molecule has 0 aliphatic rings. The molecular weight excluding hydrogens is 418 g/mol. The predicted molar refractivity (Wildman–Crippen MR) is 126 cm³/mol. The number of allylic oxidation sites excluding steroid dienone is 1. The zero-order chi connectivity index (χ0) is 23.5. The van der Waals surface area contributed by atoms with Gasteiger partial charge in [0, 0.05) is 6.42 Å². The summed E-state index contributed by atoms with van der Waals surface area (Å²) in [6.45, 7) is 0.388. The molecule has 0 unspecified atom stereocenters. The lowest BCUT2D eigenvalue weighted by atomic mass is 10.0. The highest BCUT2D eigenvalue weighted by Crippen LogP contribution is 2.30. The summed E-state index contributed by atoms with van der Waals surface area (Å²) in [4.78, 5) is 12.3. The number of carbonyl (C=O) groups is 1. The highest BCUT2D eigenvalue weighted by molar-refractivity contribution is 5.89. The molecule has 168 valence electrons. The fourth-order valence-electron chi connectivity index (χ4n) is 3.07. The van der Waals surface area contributed by atoms with Gasteiger partial charge in [-0.25, -0.2) is 0 Å². The normalized spacial score (nSPS) is 10.8. The maximum absolute atomic E-state index is 12.3. The van der Waals surface area contributed by atoms with Crippen LogP contribution in [0.25, 0.3) is 11.6 Å². The van der Waals surface area contributed by atoms with E-state index in [1.165, 1.54) is 7.11 Å². The maximum Gasteiger partial charge on any atom is 0.311 e. The first-order valence-electron chi connectivity index (χ1n) is 10.5. The number of benzene rings is 3. The van der Waals surface area contributed by atoms with Crippen molar-refractivity contribution in [1.29, 1.82) is 5.26 Å². The summed E-state index contributed by atoms with van der Waals surface area (Å²) in [5, 5.41) is 9.51. The van der Waals surface area contributed by atoms with Crippen LogP contribution in [-0.4, -0.2) is 26.8 Å². The van der Waals surface area contributed by atoms with Crippen LogP contribution in [0.15, 0.2) is 72.8 Å². The van der Waals surface area contributed by atoms with Gasteiger partial charge in [0.2, 0.25) is 0 Å². The Hall–Kier alpha value is -4.24. The van der Waals surface area contributed by atoms with Gasteiger partial charge < -0.3 is 18.9 Å².